The molecule has 2 rings (SSSR count). The molecule has 0 unspecified atom stereocenters. The third-order valence-electron chi connectivity index (χ3n) is 3.45. The Hall–Kier alpha value is -2.28. The van der Waals surface area contributed by atoms with Crippen LogP contribution in [0, 0.1) is 24.2 Å². The van der Waals surface area contributed by atoms with Crippen LogP contribution >= 0.6 is 0 Å². The van der Waals surface area contributed by atoms with E-state index in [1.54, 1.807) is 24.3 Å². The standard InChI is InChI=1S/C15H15NO3/c1-2-10-4-3-5-13(8-10)16-14(17)11-6-7-12(9-11)15(18)19/h1,3-5,8,11-12H,6-7,9H2,(H,16,17)(H,18,19)/t11-,12+/m1/s1. The molecule has 98 valence electrons. The van der Waals surface area contributed by atoms with Crippen molar-refractivity contribution >= 4 is 17.6 Å². The Labute approximate surface area is 111 Å². The van der Waals surface area contributed by atoms with Crippen LogP contribution in [-0.2, 0) is 9.59 Å². The first-order valence-corrected chi connectivity index (χ1v) is 6.20. The van der Waals surface area contributed by atoms with Gasteiger partial charge in [-0.05, 0) is 37.5 Å². The Morgan fingerprint density at radius 3 is 2.68 bits per heavy atom. The molecule has 1 saturated carbocycles. The highest BCUT2D eigenvalue weighted by Crippen LogP contribution is 2.31. The molecule has 0 spiro atoms. The third kappa shape index (κ3) is 3.14. The minimum Gasteiger partial charge on any atom is -0.481 e. The molecule has 0 saturated heterocycles. The molecular formula is C15H15NO3. The number of rotatable bonds is 3. The molecule has 0 heterocycles. The number of benzene rings is 1. The molecule has 1 aromatic carbocycles. The average Bonchev–Trinajstić information content (AvgIpc) is 2.89. The van der Waals surface area contributed by atoms with Gasteiger partial charge in [0.1, 0.15) is 0 Å². The smallest absolute Gasteiger partial charge is 0.306 e. The third-order valence-corrected chi connectivity index (χ3v) is 3.45. The van der Waals surface area contributed by atoms with Crippen molar-refractivity contribution in [2.24, 2.45) is 11.8 Å². The lowest BCUT2D eigenvalue weighted by Gasteiger charge is -2.11. The van der Waals surface area contributed by atoms with E-state index in [1.165, 1.54) is 0 Å². The van der Waals surface area contributed by atoms with Gasteiger partial charge < -0.3 is 10.4 Å². The molecule has 19 heavy (non-hydrogen) atoms. The molecule has 0 aliphatic heterocycles. The Morgan fingerprint density at radius 2 is 2.05 bits per heavy atom. The number of carbonyl (C=O) groups excluding carboxylic acids is 1. The number of carboxylic acids is 1. The summed E-state index contributed by atoms with van der Waals surface area (Å²) in [6.45, 7) is 0. The van der Waals surface area contributed by atoms with E-state index in [2.05, 4.69) is 11.2 Å². The maximum atomic E-state index is 12.0. The van der Waals surface area contributed by atoms with E-state index < -0.39 is 11.9 Å². The SMILES string of the molecule is C#Cc1cccc(NC(=O)[C@@H]2CC[C@H](C(=O)O)C2)c1. The molecule has 1 fully saturated rings. The number of hydrogen-bond donors (Lipinski definition) is 2. The van der Waals surface area contributed by atoms with Gasteiger partial charge >= 0.3 is 5.97 Å². The fourth-order valence-corrected chi connectivity index (χ4v) is 2.37. The number of aliphatic carboxylic acids is 1. The van der Waals surface area contributed by atoms with Crippen LogP contribution in [-0.4, -0.2) is 17.0 Å². The zero-order chi connectivity index (χ0) is 13.8. The normalized spacial score (nSPS) is 21.6. The van der Waals surface area contributed by atoms with Gasteiger partial charge in [-0.3, -0.25) is 9.59 Å². The van der Waals surface area contributed by atoms with Gasteiger partial charge in [-0.1, -0.05) is 12.0 Å². The largest absolute Gasteiger partial charge is 0.481 e. The number of terminal acetylenes is 1. The van der Waals surface area contributed by atoms with Crippen molar-refractivity contribution in [3.8, 4) is 12.3 Å². The van der Waals surface area contributed by atoms with E-state index >= 15 is 0 Å². The second-order valence-corrected chi connectivity index (χ2v) is 4.76. The predicted molar refractivity (Wildman–Crippen MR) is 71.5 cm³/mol. The molecule has 1 aliphatic carbocycles. The Morgan fingerprint density at radius 1 is 1.32 bits per heavy atom. The number of amides is 1. The first kappa shape index (κ1) is 13.2. The summed E-state index contributed by atoms with van der Waals surface area (Å²) in [5, 5.41) is 11.7. The summed E-state index contributed by atoms with van der Waals surface area (Å²) >= 11 is 0. The summed E-state index contributed by atoms with van der Waals surface area (Å²) in [6, 6.07) is 7.05. The molecule has 1 amide bonds. The molecule has 2 N–H and O–H groups in total. The second kappa shape index (κ2) is 5.57. The fraction of sp³-hybridized carbons (Fsp3) is 0.333. The van der Waals surface area contributed by atoms with Crippen LogP contribution in [0.25, 0.3) is 0 Å². The molecule has 0 aromatic heterocycles. The number of hydrogen-bond acceptors (Lipinski definition) is 2. The van der Waals surface area contributed by atoms with Crippen LogP contribution in [0.1, 0.15) is 24.8 Å². The number of nitrogens with one attached hydrogen (secondary N) is 1. The number of anilines is 1. The Bertz CT molecular complexity index is 545. The highest BCUT2D eigenvalue weighted by molar-refractivity contribution is 5.93. The van der Waals surface area contributed by atoms with Crippen molar-refractivity contribution in [2.75, 3.05) is 5.32 Å². The van der Waals surface area contributed by atoms with Crippen LogP contribution in [0.2, 0.25) is 0 Å². The topological polar surface area (TPSA) is 66.4 Å². The average molecular weight is 257 g/mol. The van der Waals surface area contributed by atoms with Crippen LogP contribution in [0.3, 0.4) is 0 Å². The molecule has 4 nitrogen and oxygen atoms in total. The van der Waals surface area contributed by atoms with Crippen LogP contribution in [0.5, 0.6) is 0 Å². The van der Waals surface area contributed by atoms with Gasteiger partial charge in [0.25, 0.3) is 0 Å². The summed E-state index contributed by atoms with van der Waals surface area (Å²) in [7, 11) is 0. The zero-order valence-electron chi connectivity index (χ0n) is 10.4. The molecule has 4 heteroatoms. The van der Waals surface area contributed by atoms with Gasteiger partial charge in [-0.2, -0.15) is 0 Å². The summed E-state index contributed by atoms with van der Waals surface area (Å²) in [5.41, 5.74) is 1.35. The van der Waals surface area contributed by atoms with Gasteiger partial charge in [0.15, 0.2) is 0 Å². The molecule has 0 bridgehead atoms. The Kier molecular flexibility index (Phi) is 3.86. The van der Waals surface area contributed by atoms with Crippen LogP contribution in [0.15, 0.2) is 24.3 Å². The van der Waals surface area contributed by atoms with E-state index in [1.807, 2.05) is 0 Å². The van der Waals surface area contributed by atoms with Crippen molar-refractivity contribution < 1.29 is 14.7 Å². The zero-order valence-corrected chi connectivity index (χ0v) is 10.4. The molecule has 2 atom stereocenters. The summed E-state index contributed by atoms with van der Waals surface area (Å²) in [6.07, 6.45) is 6.90. The molecule has 1 aliphatic rings. The van der Waals surface area contributed by atoms with Crippen molar-refractivity contribution in [3.63, 3.8) is 0 Å². The van der Waals surface area contributed by atoms with Crippen LogP contribution in [0.4, 0.5) is 5.69 Å². The van der Waals surface area contributed by atoms with Gasteiger partial charge in [0.05, 0.1) is 5.92 Å². The minimum absolute atomic E-state index is 0.127. The van der Waals surface area contributed by atoms with E-state index in [0.29, 0.717) is 30.5 Å². The predicted octanol–water partition coefficient (Wildman–Crippen LogP) is 2.11. The lowest BCUT2D eigenvalue weighted by molar-refractivity contribution is -0.141. The van der Waals surface area contributed by atoms with E-state index in [4.69, 9.17) is 11.5 Å². The second-order valence-electron chi connectivity index (χ2n) is 4.76. The monoisotopic (exact) mass is 257 g/mol. The highest BCUT2D eigenvalue weighted by atomic mass is 16.4. The van der Waals surface area contributed by atoms with E-state index in [-0.39, 0.29) is 11.8 Å². The number of carboxylic acid groups (broad SMARTS) is 1. The first-order chi connectivity index (χ1) is 9.10. The first-order valence-electron chi connectivity index (χ1n) is 6.20. The van der Waals surface area contributed by atoms with E-state index in [9.17, 15) is 9.59 Å². The van der Waals surface area contributed by atoms with E-state index in [0.717, 1.165) is 0 Å². The molecule has 1 aromatic rings. The van der Waals surface area contributed by atoms with Crippen molar-refractivity contribution in [1.29, 1.82) is 0 Å². The Balaban J connectivity index is 1.98. The summed E-state index contributed by atoms with van der Waals surface area (Å²) in [5.74, 6) is 0.939. The lowest BCUT2D eigenvalue weighted by Crippen LogP contribution is -2.21. The highest BCUT2D eigenvalue weighted by Gasteiger charge is 2.33. The van der Waals surface area contributed by atoms with Crippen LogP contribution < -0.4 is 5.32 Å². The van der Waals surface area contributed by atoms with Gasteiger partial charge in [0.2, 0.25) is 5.91 Å². The quantitative estimate of drug-likeness (QED) is 0.815. The summed E-state index contributed by atoms with van der Waals surface area (Å²) < 4.78 is 0. The van der Waals surface area contributed by atoms with Gasteiger partial charge in [-0.25, -0.2) is 0 Å². The van der Waals surface area contributed by atoms with Crippen molar-refractivity contribution in [3.05, 3.63) is 29.8 Å². The molecule has 0 radical (unpaired) electrons. The lowest BCUT2D eigenvalue weighted by atomic mass is 10.0. The van der Waals surface area contributed by atoms with Crippen molar-refractivity contribution in [2.45, 2.75) is 19.3 Å². The van der Waals surface area contributed by atoms with Gasteiger partial charge in [-0.15, -0.1) is 6.42 Å². The fourth-order valence-electron chi connectivity index (χ4n) is 2.37. The molecular weight excluding hydrogens is 242 g/mol. The van der Waals surface area contributed by atoms with Gasteiger partial charge in [0, 0.05) is 17.2 Å². The van der Waals surface area contributed by atoms with Crippen molar-refractivity contribution in [1.82, 2.24) is 0 Å². The maximum absolute atomic E-state index is 12.0. The number of carbonyl (C=O) groups is 2. The summed E-state index contributed by atoms with van der Waals surface area (Å²) in [4.78, 5) is 22.9. The minimum atomic E-state index is -0.815. The maximum Gasteiger partial charge on any atom is 0.306 e.